The van der Waals surface area contributed by atoms with Crippen molar-refractivity contribution in [1.29, 1.82) is 0 Å². The first-order valence-corrected chi connectivity index (χ1v) is 13.9. The predicted molar refractivity (Wildman–Crippen MR) is 137 cm³/mol. The number of allylic oxidation sites excluding steroid dienone is 1. The predicted octanol–water partition coefficient (Wildman–Crippen LogP) is 1.27. The molecule has 11 heteroatoms. The molecule has 10 nitrogen and oxygen atoms in total. The molecule has 0 radical (unpaired) electrons. The van der Waals surface area contributed by atoms with Crippen molar-refractivity contribution in [1.82, 2.24) is 15.1 Å². The van der Waals surface area contributed by atoms with Crippen molar-refractivity contribution in [2.75, 3.05) is 32.8 Å². The lowest BCUT2D eigenvalue weighted by atomic mass is 9.74. The SMILES string of the molecule is CCCCN1C/C=C\CCC(=O)NC[C@@H](C)OC(=O)[C@@H]2[C@H]3O[C@@]4(C=C3Br)[C@H](C1=O)N(CCCO)C(=O)[C@@H]24. The molecule has 0 aromatic heterocycles. The Balaban J connectivity index is 1.76. The second-order valence-corrected chi connectivity index (χ2v) is 11.1. The van der Waals surface area contributed by atoms with Crippen LogP contribution in [0.3, 0.4) is 0 Å². The largest absolute Gasteiger partial charge is 0.460 e. The van der Waals surface area contributed by atoms with Gasteiger partial charge in [-0.15, -0.1) is 0 Å². The first-order chi connectivity index (χ1) is 17.7. The van der Waals surface area contributed by atoms with Gasteiger partial charge in [-0.05, 0) is 32.3 Å². The first kappa shape index (κ1) is 27.8. The average molecular weight is 582 g/mol. The summed E-state index contributed by atoms with van der Waals surface area (Å²) < 4.78 is 12.7. The van der Waals surface area contributed by atoms with Crippen molar-refractivity contribution < 1.29 is 33.8 Å². The van der Waals surface area contributed by atoms with Gasteiger partial charge < -0.3 is 29.7 Å². The molecule has 3 amide bonds. The van der Waals surface area contributed by atoms with Gasteiger partial charge in [0.1, 0.15) is 29.8 Å². The van der Waals surface area contributed by atoms with Gasteiger partial charge >= 0.3 is 5.97 Å². The molecule has 0 aromatic carbocycles. The quantitative estimate of drug-likeness (QED) is 0.357. The zero-order valence-corrected chi connectivity index (χ0v) is 22.9. The van der Waals surface area contributed by atoms with E-state index in [0.717, 1.165) is 12.8 Å². The van der Waals surface area contributed by atoms with Gasteiger partial charge in [-0.1, -0.05) is 41.4 Å². The summed E-state index contributed by atoms with van der Waals surface area (Å²) in [6.07, 6.45) is 6.94. The Hall–Kier alpha value is -2.24. The molecule has 4 rings (SSSR count). The Morgan fingerprint density at radius 1 is 1.16 bits per heavy atom. The number of hydrogen-bond acceptors (Lipinski definition) is 7. The number of aliphatic hydroxyl groups is 1. The van der Waals surface area contributed by atoms with Crippen LogP contribution in [-0.4, -0.2) is 95.2 Å². The number of aliphatic hydroxyl groups excluding tert-OH is 1. The van der Waals surface area contributed by atoms with Crippen LogP contribution in [0.5, 0.6) is 0 Å². The molecule has 0 aromatic rings. The molecule has 37 heavy (non-hydrogen) atoms. The van der Waals surface area contributed by atoms with Gasteiger partial charge in [0.25, 0.3) is 0 Å². The lowest BCUT2D eigenvalue weighted by molar-refractivity contribution is -0.158. The van der Waals surface area contributed by atoms with E-state index in [1.165, 1.54) is 4.90 Å². The molecule has 0 saturated carbocycles. The minimum Gasteiger partial charge on any atom is -0.460 e. The highest BCUT2D eigenvalue weighted by atomic mass is 79.9. The van der Waals surface area contributed by atoms with Crippen molar-refractivity contribution in [2.45, 2.75) is 69.8 Å². The highest BCUT2D eigenvalue weighted by molar-refractivity contribution is 9.11. The number of carbonyl (C=O) groups excluding carboxylic acids is 4. The number of esters is 1. The van der Waals surface area contributed by atoms with E-state index in [4.69, 9.17) is 9.47 Å². The molecule has 5 bridgehead atoms. The Labute approximate surface area is 225 Å². The number of amides is 3. The number of fused-ring (bicyclic) bond motifs is 2. The summed E-state index contributed by atoms with van der Waals surface area (Å²) in [5.74, 6) is -3.20. The van der Waals surface area contributed by atoms with Crippen molar-refractivity contribution in [3.63, 3.8) is 0 Å². The van der Waals surface area contributed by atoms with Crippen LogP contribution in [0, 0.1) is 11.8 Å². The van der Waals surface area contributed by atoms with Gasteiger partial charge in [0.05, 0.1) is 12.5 Å². The number of cyclic esters (lactones) is 1. The van der Waals surface area contributed by atoms with Crippen LogP contribution in [0.2, 0.25) is 0 Å². The second-order valence-electron chi connectivity index (χ2n) is 10.1. The van der Waals surface area contributed by atoms with Crippen LogP contribution in [0.25, 0.3) is 0 Å². The fraction of sp³-hybridized carbons (Fsp3) is 0.692. The van der Waals surface area contributed by atoms with E-state index in [1.54, 1.807) is 17.9 Å². The summed E-state index contributed by atoms with van der Waals surface area (Å²) in [4.78, 5) is 56.8. The lowest BCUT2D eigenvalue weighted by Gasteiger charge is -2.35. The summed E-state index contributed by atoms with van der Waals surface area (Å²) in [6.45, 7) is 4.74. The van der Waals surface area contributed by atoms with E-state index in [2.05, 4.69) is 21.2 Å². The van der Waals surface area contributed by atoms with E-state index in [9.17, 15) is 24.3 Å². The molecule has 2 fully saturated rings. The molecule has 4 aliphatic rings. The van der Waals surface area contributed by atoms with Crippen LogP contribution in [-0.2, 0) is 28.7 Å². The molecule has 4 heterocycles. The van der Waals surface area contributed by atoms with Gasteiger partial charge in [-0.3, -0.25) is 19.2 Å². The molecule has 0 aliphatic carbocycles. The van der Waals surface area contributed by atoms with Crippen LogP contribution in [0.4, 0.5) is 0 Å². The molecule has 1 spiro atoms. The number of unbranched alkanes of at least 4 members (excludes halogenated alkanes) is 1. The Kier molecular flexibility index (Phi) is 8.75. The van der Waals surface area contributed by atoms with Crippen molar-refractivity contribution in [3.05, 3.63) is 22.7 Å². The molecule has 6 atom stereocenters. The van der Waals surface area contributed by atoms with Crippen molar-refractivity contribution in [2.24, 2.45) is 11.8 Å². The number of nitrogens with zero attached hydrogens (tertiary/aromatic N) is 2. The summed E-state index contributed by atoms with van der Waals surface area (Å²) >= 11 is 3.52. The summed E-state index contributed by atoms with van der Waals surface area (Å²) in [5, 5.41) is 12.3. The monoisotopic (exact) mass is 581 g/mol. The van der Waals surface area contributed by atoms with Crippen LogP contribution in [0.15, 0.2) is 22.7 Å². The maximum Gasteiger partial charge on any atom is 0.313 e. The number of halogens is 1. The Bertz CT molecular complexity index is 985. The van der Waals surface area contributed by atoms with Gasteiger partial charge in [-0.2, -0.15) is 0 Å². The number of nitrogens with one attached hydrogen (secondary N) is 1. The van der Waals surface area contributed by atoms with Gasteiger partial charge in [0, 0.05) is 37.1 Å². The fourth-order valence-corrected chi connectivity index (χ4v) is 6.49. The maximum absolute atomic E-state index is 14.2. The second kappa shape index (κ2) is 11.7. The van der Waals surface area contributed by atoms with Gasteiger partial charge in [-0.25, -0.2) is 0 Å². The molecule has 204 valence electrons. The molecule has 0 unspecified atom stereocenters. The van der Waals surface area contributed by atoms with E-state index >= 15 is 0 Å². The Morgan fingerprint density at radius 2 is 1.95 bits per heavy atom. The lowest BCUT2D eigenvalue weighted by Crippen LogP contribution is -2.56. The van der Waals surface area contributed by atoms with Gasteiger partial charge in [0.2, 0.25) is 17.7 Å². The number of carbonyl (C=O) groups is 4. The average Bonchev–Trinajstić information content (AvgIpc) is 3.45. The molecular formula is C26H36BrN3O7. The third kappa shape index (κ3) is 5.22. The molecule has 4 aliphatic heterocycles. The molecule has 2 N–H and O–H groups in total. The zero-order chi connectivity index (χ0) is 26.7. The zero-order valence-electron chi connectivity index (χ0n) is 21.4. The topological polar surface area (TPSA) is 125 Å². The first-order valence-electron chi connectivity index (χ1n) is 13.1. The number of ether oxygens (including phenoxy) is 2. The van der Waals surface area contributed by atoms with Gasteiger partial charge in [0.15, 0.2) is 0 Å². The van der Waals surface area contributed by atoms with Crippen LogP contribution in [0.1, 0.15) is 46.0 Å². The summed E-state index contributed by atoms with van der Waals surface area (Å²) in [7, 11) is 0. The molecular weight excluding hydrogens is 546 g/mol. The third-order valence-electron chi connectivity index (χ3n) is 7.52. The van der Waals surface area contributed by atoms with Crippen LogP contribution < -0.4 is 5.32 Å². The van der Waals surface area contributed by atoms with Crippen molar-refractivity contribution >= 4 is 39.6 Å². The maximum atomic E-state index is 14.2. The fourth-order valence-electron chi connectivity index (χ4n) is 5.76. The third-order valence-corrected chi connectivity index (χ3v) is 8.20. The standard InChI is InChI=1S/C26H36BrN3O7/c1-3-4-10-29-11-7-5-6-9-18(32)28-15-16(2)36-25(35)19-20-23(33)30(12-8-13-31)22(24(29)34)26(20)14-17(27)21(19)37-26/h5,7,14,16,19-22,31H,3-4,6,8-13,15H2,1-2H3,(H,28,32)/b7-5-/t16-,19+,20-,21+,22+,26-/m1/s1. The normalized spacial score (nSPS) is 35.4. The number of likely N-dealkylation sites (tertiary alicyclic amines) is 1. The highest BCUT2D eigenvalue weighted by Crippen LogP contribution is 2.58. The van der Waals surface area contributed by atoms with E-state index in [0.29, 0.717) is 30.4 Å². The minimum absolute atomic E-state index is 0.137. The van der Waals surface area contributed by atoms with Crippen molar-refractivity contribution in [3.8, 4) is 0 Å². The Morgan fingerprint density at radius 3 is 2.68 bits per heavy atom. The molecule has 2 saturated heterocycles. The summed E-state index contributed by atoms with van der Waals surface area (Å²) in [5.41, 5.74) is -1.31. The van der Waals surface area contributed by atoms with Crippen LogP contribution >= 0.6 is 15.9 Å². The number of hydrogen-bond donors (Lipinski definition) is 2. The highest BCUT2D eigenvalue weighted by Gasteiger charge is 2.74. The number of rotatable bonds is 6. The van der Waals surface area contributed by atoms with E-state index in [-0.39, 0.29) is 43.8 Å². The smallest absolute Gasteiger partial charge is 0.313 e. The van der Waals surface area contributed by atoms with E-state index in [1.807, 2.05) is 19.1 Å². The minimum atomic E-state index is -1.31. The summed E-state index contributed by atoms with van der Waals surface area (Å²) in [6, 6.07) is -0.964. The van der Waals surface area contributed by atoms with E-state index < -0.39 is 41.7 Å².